The molecular formula is C17H13ClN4O3S3. The highest BCUT2D eigenvalue weighted by Gasteiger charge is 2.39. The predicted octanol–water partition coefficient (Wildman–Crippen LogP) is 4.14. The Bertz CT molecular complexity index is 1170. The highest BCUT2D eigenvalue weighted by molar-refractivity contribution is 7.93. The molecule has 1 amide bonds. The molecule has 0 radical (unpaired) electrons. The van der Waals surface area contributed by atoms with E-state index in [4.69, 9.17) is 11.6 Å². The van der Waals surface area contributed by atoms with Crippen LogP contribution in [-0.2, 0) is 14.8 Å². The van der Waals surface area contributed by atoms with Crippen LogP contribution in [0.4, 0.5) is 16.5 Å². The van der Waals surface area contributed by atoms with Gasteiger partial charge < -0.3 is 5.32 Å². The molecule has 4 rings (SSSR count). The average Bonchev–Trinajstić information content (AvgIpc) is 3.33. The van der Waals surface area contributed by atoms with Crippen molar-refractivity contribution in [1.82, 2.24) is 4.98 Å². The molecule has 3 heterocycles. The fourth-order valence-electron chi connectivity index (χ4n) is 2.80. The molecule has 28 heavy (non-hydrogen) atoms. The van der Waals surface area contributed by atoms with Crippen molar-refractivity contribution in [3.05, 3.63) is 51.1 Å². The van der Waals surface area contributed by atoms with Gasteiger partial charge in [-0.3, -0.25) is 9.10 Å². The summed E-state index contributed by atoms with van der Waals surface area (Å²) in [7, 11) is -4.04. The average molecular weight is 453 g/mol. The first kappa shape index (κ1) is 19.1. The molecule has 2 aromatic heterocycles. The molecule has 144 valence electrons. The Kier molecular flexibility index (Phi) is 4.96. The van der Waals surface area contributed by atoms with Crippen LogP contribution in [0.1, 0.15) is 11.8 Å². The Morgan fingerprint density at radius 2 is 2.11 bits per heavy atom. The second-order valence-corrected chi connectivity index (χ2v) is 9.89. The smallest absolute Gasteiger partial charge is 0.266 e. The van der Waals surface area contributed by atoms with E-state index < -0.39 is 22.0 Å². The first-order chi connectivity index (χ1) is 13.4. The molecule has 0 spiro atoms. The van der Waals surface area contributed by atoms with E-state index in [2.05, 4.69) is 15.3 Å². The number of benzene rings is 1. The van der Waals surface area contributed by atoms with Gasteiger partial charge in [0, 0.05) is 22.8 Å². The summed E-state index contributed by atoms with van der Waals surface area (Å²) in [5.41, 5.74) is 0.720. The van der Waals surface area contributed by atoms with Gasteiger partial charge in [-0.2, -0.15) is 0 Å². The number of thiazole rings is 1. The van der Waals surface area contributed by atoms with Crippen LogP contribution < -0.4 is 9.62 Å². The van der Waals surface area contributed by atoms with Crippen molar-refractivity contribution in [3.8, 4) is 0 Å². The summed E-state index contributed by atoms with van der Waals surface area (Å²) in [4.78, 5) is 21.2. The standard InChI is InChI=1S/C17H13ClN4O3S3/c1-10-16(23)21-12-3-2-11(18)8-13(12)22(10)28(24,25)15-4-6-26-14(15)9-20-17-19-5-7-27-17/h2-10H,1H3,(H,21,23). The number of anilines is 2. The van der Waals surface area contributed by atoms with E-state index in [0.29, 0.717) is 26.4 Å². The van der Waals surface area contributed by atoms with Crippen LogP contribution in [0.2, 0.25) is 5.02 Å². The summed E-state index contributed by atoms with van der Waals surface area (Å²) in [5.74, 6) is -0.411. The van der Waals surface area contributed by atoms with Crippen LogP contribution in [0.25, 0.3) is 0 Å². The van der Waals surface area contributed by atoms with Gasteiger partial charge in [-0.05, 0) is 36.6 Å². The second-order valence-electron chi connectivity index (χ2n) is 5.85. The van der Waals surface area contributed by atoms with E-state index >= 15 is 0 Å². The molecule has 1 atom stereocenters. The fourth-order valence-corrected chi connectivity index (χ4v) is 6.32. The van der Waals surface area contributed by atoms with Crippen molar-refractivity contribution < 1.29 is 13.2 Å². The minimum absolute atomic E-state index is 0.0743. The molecule has 1 unspecified atom stereocenters. The van der Waals surface area contributed by atoms with Gasteiger partial charge in [0.1, 0.15) is 10.9 Å². The number of nitrogens with one attached hydrogen (secondary N) is 1. The number of rotatable bonds is 4. The molecule has 0 saturated carbocycles. The largest absolute Gasteiger partial charge is 0.322 e. The zero-order valence-corrected chi connectivity index (χ0v) is 17.6. The number of thiophene rings is 1. The summed E-state index contributed by atoms with van der Waals surface area (Å²) in [6.07, 6.45) is 3.10. The zero-order valence-electron chi connectivity index (χ0n) is 14.4. The first-order valence-corrected chi connectivity index (χ1v) is 11.6. The number of aliphatic imine (C=N–C) groups is 1. The number of carbonyl (C=O) groups excluding carboxylic acids is 1. The molecule has 0 aliphatic carbocycles. The summed E-state index contributed by atoms with van der Waals surface area (Å²) in [6.45, 7) is 1.53. The van der Waals surface area contributed by atoms with Gasteiger partial charge >= 0.3 is 0 Å². The second kappa shape index (κ2) is 7.28. The third kappa shape index (κ3) is 3.32. The zero-order chi connectivity index (χ0) is 19.9. The number of hydrogen-bond acceptors (Lipinski definition) is 7. The van der Waals surface area contributed by atoms with Crippen LogP contribution in [0.5, 0.6) is 0 Å². The lowest BCUT2D eigenvalue weighted by atomic mass is 10.1. The molecule has 0 saturated heterocycles. The van der Waals surface area contributed by atoms with E-state index in [-0.39, 0.29) is 4.90 Å². The molecule has 3 aromatic rings. The number of hydrogen-bond donors (Lipinski definition) is 1. The van der Waals surface area contributed by atoms with E-state index in [1.807, 2.05) is 0 Å². The molecule has 0 fully saturated rings. The topological polar surface area (TPSA) is 91.7 Å². The Morgan fingerprint density at radius 1 is 1.29 bits per heavy atom. The maximum absolute atomic E-state index is 13.5. The summed E-state index contributed by atoms with van der Waals surface area (Å²) in [5, 5.41) is 7.06. The van der Waals surface area contributed by atoms with Crippen molar-refractivity contribution in [2.45, 2.75) is 17.9 Å². The van der Waals surface area contributed by atoms with Crippen LogP contribution in [0.3, 0.4) is 0 Å². The Hall–Kier alpha value is -2.27. The van der Waals surface area contributed by atoms with E-state index in [0.717, 1.165) is 4.31 Å². The van der Waals surface area contributed by atoms with Gasteiger partial charge in [-0.25, -0.2) is 18.4 Å². The normalized spacial score (nSPS) is 17.0. The summed E-state index contributed by atoms with van der Waals surface area (Å²) >= 11 is 8.67. The highest BCUT2D eigenvalue weighted by atomic mass is 35.5. The SMILES string of the molecule is CC1C(=O)Nc2ccc(Cl)cc2N1S(=O)(=O)c1ccsc1C=Nc1nccs1. The van der Waals surface area contributed by atoms with Crippen LogP contribution in [-0.4, -0.2) is 31.6 Å². The number of nitrogens with zero attached hydrogens (tertiary/aromatic N) is 3. The highest BCUT2D eigenvalue weighted by Crippen LogP contribution is 2.39. The molecule has 7 nitrogen and oxygen atoms in total. The summed E-state index contributed by atoms with van der Waals surface area (Å²) in [6, 6.07) is 5.28. The molecule has 11 heteroatoms. The van der Waals surface area contributed by atoms with Gasteiger partial charge in [0.2, 0.25) is 11.0 Å². The fraction of sp³-hybridized carbons (Fsp3) is 0.118. The molecule has 0 bridgehead atoms. The third-order valence-corrected chi connectivity index (χ3v) is 7.93. The maximum atomic E-state index is 13.5. The number of sulfonamides is 1. The number of halogens is 1. The maximum Gasteiger partial charge on any atom is 0.266 e. The Labute approximate surface area is 174 Å². The molecule has 1 N–H and O–H groups in total. The Morgan fingerprint density at radius 3 is 2.86 bits per heavy atom. The molecule has 1 aromatic carbocycles. The van der Waals surface area contributed by atoms with E-state index in [1.54, 1.807) is 29.1 Å². The lowest BCUT2D eigenvalue weighted by molar-refractivity contribution is -0.117. The van der Waals surface area contributed by atoms with Gasteiger partial charge in [0.05, 0.1) is 16.3 Å². The minimum Gasteiger partial charge on any atom is -0.322 e. The summed E-state index contributed by atoms with van der Waals surface area (Å²) < 4.78 is 28.1. The minimum atomic E-state index is -4.04. The number of fused-ring (bicyclic) bond motifs is 1. The van der Waals surface area contributed by atoms with Crippen molar-refractivity contribution in [1.29, 1.82) is 0 Å². The van der Waals surface area contributed by atoms with Gasteiger partial charge in [0.15, 0.2) is 0 Å². The first-order valence-electron chi connectivity index (χ1n) is 8.04. The van der Waals surface area contributed by atoms with Gasteiger partial charge in [-0.1, -0.05) is 11.6 Å². The number of aromatic nitrogens is 1. The van der Waals surface area contributed by atoms with Crippen molar-refractivity contribution >= 4 is 72.9 Å². The Balaban J connectivity index is 1.80. The lowest BCUT2D eigenvalue weighted by Crippen LogP contribution is -2.49. The van der Waals surface area contributed by atoms with Crippen molar-refractivity contribution in [3.63, 3.8) is 0 Å². The third-order valence-electron chi connectivity index (χ3n) is 4.09. The molecule has 1 aliphatic heterocycles. The molecule has 1 aliphatic rings. The van der Waals surface area contributed by atoms with Crippen molar-refractivity contribution in [2.75, 3.05) is 9.62 Å². The van der Waals surface area contributed by atoms with E-state index in [1.165, 1.54) is 47.9 Å². The van der Waals surface area contributed by atoms with E-state index in [9.17, 15) is 13.2 Å². The number of amides is 1. The van der Waals surface area contributed by atoms with Crippen LogP contribution >= 0.6 is 34.3 Å². The number of carbonyl (C=O) groups is 1. The van der Waals surface area contributed by atoms with Gasteiger partial charge in [-0.15, -0.1) is 22.7 Å². The predicted molar refractivity (Wildman–Crippen MR) is 113 cm³/mol. The lowest BCUT2D eigenvalue weighted by Gasteiger charge is -2.35. The molecular weight excluding hydrogens is 440 g/mol. The van der Waals surface area contributed by atoms with Crippen LogP contribution in [0, 0.1) is 0 Å². The van der Waals surface area contributed by atoms with Crippen molar-refractivity contribution in [2.24, 2.45) is 4.99 Å². The van der Waals surface area contributed by atoms with Crippen LogP contribution in [0.15, 0.2) is 51.1 Å². The monoisotopic (exact) mass is 452 g/mol. The van der Waals surface area contributed by atoms with Gasteiger partial charge in [0.25, 0.3) is 10.0 Å². The quantitative estimate of drug-likeness (QED) is 0.602.